The Morgan fingerprint density at radius 3 is 2.61 bits per heavy atom. The average Bonchev–Trinajstić information content (AvgIpc) is 2.77. The van der Waals surface area contributed by atoms with Crippen molar-refractivity contribution < 1.29 is 4.39 Å². The first kappa shape index (κ1) is 12.9. The third-order valence-electron chi connectivity index (χ3n) is 3.79. The van der Waals surface area contributed by atoms with Crippen molar-refractivity contribution in [3.8, 4) is 6.07 Å². The van der Waals surface area contributed by atoms with Crippen LogP contribution in [-0.4, -0.2) is 13.1 Å². The zero-order valence-electron chi connectivity index (χ0n) is 11.2. The molecule has 0 amide bonds. The van der Waals surface area contributed by atoms with Gasteiger partial charge >= 0.3 is 0 Å². The van der Waals surface area contributed by atoms with E-state index in [9.17, 15) is 4.39 Å². The maximum Gasteiger partial charge on any atom is 0.126 e. The van der Waals surface area contributed by atoms with Crippen molar-refractivity contribution in [1.29, 1.82) is 5.26 Å². The predicted octanol–water partition coefficient (Wildman–Crippen LogP) is 3.57. The summed E-state index contributed by atoms with van der Waals surface area (Å²) in [6.45, 7) is 8.61. The summed E-state index contributed by atoms with van der Waals surface area (Å²) in [6, 6.07) is 6.58. The molecule has 3 heteroatoms. The van der Waals surface area contributed by atoms with Gasteiger partial charge < -0.3 is 4.90 Å². The first-order chi connectivity index (χ1) is 8.40. The normalized spacial score (nSPS) is 19.9. The molecule has 0 saturated carbocycles. The Morgan fingerprint density at radius 1 is 1.33 bits per heavy atom. The van der Waals surface area contributed by atoms with Gasteiger partial charge in [-0.15, -0.1) is 0 Å². The monoisotopic (exact) mass is 246 g/mol. The quantitative estimate of drug-likeness (QED) is 0.757. The summed E-state index contributed by atoms with van der Waals surface area (Å²) in [7, 11) is 0. The third kappa shape index (κ3) is 2.64. The highest BCUT2D eigenvalue weighted by molar-refractivity contribution is 5.52. The largest absolute Gasteiger partial charge is 0.371 e. The first-order valence-corrected chi connectivity index (χ1v) is 6.36. The van der Waals surface area contributed by atoms with Gasteiger partial charge in [-0.05, 0) is 36.0 Å². The molecule has 1 heterocycles. The van der Waals surface area contributed by atoms with Crippen LogP contribution < -0.4 is 4.90 Å². The van der Waals surface area contributed by atoms with Crippen LogP contribution in [0.1, 0.15) is 32.8 Å². The molecule has 1 fully saturated rings. The van der Waals surface area contributed by atoms with Crippen molar-refractivity contribution in [2.75, 3.05) is 18.0 Å². The Kier molecular flexibility index (Phi) is 3.30. The number of hydrogen-bond donors (Lipinski definition) is 0. The second-order valence-corrected chi connectivity index (χ2v) is 6.11. The molecule has 0 aliphatic carbocycles. The Morgan fingerprint density at radius 2 is 2.06 bits per heavy atom. The number of halogens is 1. The molecule has 0 aromatic heterocycles. The van der Waals surface area contributed by atoms with Crippen LogP contribution in [0.25, 0.3) is 0 Å². The van der Waals surface area contributed by atoms with E-state index in [-0.39, 0.29) is 11.2 Å². The van der Waals surface area contributed by atoms with Gasteiger partial charge in [0.1, 0.15) is 5.82 Å². The Balaban J connectivity index is 2.20. The highest BCUT2D eigenvalue weighted by Crippen LogP contribution is 2.35. The van der Waals surface area contributed by atoms with Gasteiger partial charge in [-0.25, -0.2) is 4.39 Å². The summed E-state index contributed by atoms with van der Waals surface area (Å²) >= 11 is 0. The summed E-state index contributed by atoms with van der Waals surface area (Å²) in [5.74, 6) is 0.287. The smallest absolute Gasteiger partial charge is 0.126 e. The number of nitrogens with zero attached hydrogens (tertiary/aromatic N) is 2. The Bertz CT molecular complexity index is 482. The molecule has 0 radical (unpaired) electrons. The van der Waals surface area contributed by atoms with Crippen LogP contribution in [0.3, 0.4) is 0 Å². The van der Waals surface area contributed by atoms with E-state index in [1.54, 1.807) is 6.07 Å². The minimum absolute atomic E-state index is 0.278. The van der Waals surface area contributed by atoms with E-state index < -0.39 is 0 Å². The number of benzene rings is 1. The number of rotatable bonds is 1. The van der Waals surface area contributed by atoms with Gasteiger partial charge in [-0.1, -0.05) is 20.8 Å². The van der Waals surface area contributed by atoms with Crippen LogP contribution in [0.2, 0.25) is 0 Å². The van der Waals surface area contributed by atoms with Crippen molar-refractivity contribution in [2.24, 2.45) is 11.3 Å². The third-order valence-corrected chi connectivity index (χ3v) is 3.79. The Labute approximate surface area is 108 Å². The Hall–Kier alpha value is -1.56. The lowest BCUT2D eigenvalue weighted by molar-refractivity contribution is 0.263. The molecule has 1 aliphatic rings. The van der Waals surface area contributed by atoms with Crippen molar-refractivity contribution in [3.05, 3.63) is 29.6 Å². The van der Waals surface area contributed by atoms with Crippen molar-refractivity contribution >= 4 is 5.69 Å². The average molecular weight is 246 g/mol. The van der Waals surface area contributed by atoms with Gasteiger partial charge in [-0.3, -0.25) is 0 Å². The van der Waals surface area contributed by atoms with Gasteiger partial charge in [0.15, 0.2) is 0 Å². The molecule has 96 valence electrons. The molecular weight excluding hydrogens is 227 g/mol. The lowest BCUT2D eigenvalue weighted by atomic mass is 9.80. The van der Waals surface area contributed by atoms with Gasteiger partial charge in [-0.2, -0.15) is 5.26 Å². The molecule has 1 unspecified atom stereocenters. The molecule has 0 N–H and O–H groups in total. The highest BCUT2D eigenvalue weighted by Gasteiger charge is 2.31. The standard InChI is InChI=1S/C15H19FN2/c1-15(2,3)12-4-5-18(10-12)14-7-11(9-17)6-13(16)8-14/h6-8,12H,4-5,10H2,1-3H3. The minimum Gasteiger partial charge on any atom is -0.371 e. The van der Waals surface area contributed by atoms with E-state index in [0.29, 0.717) is 11.5 Å². The summed E-state index contributed by atoms with van der Waals surface area (Å²) in [5.41, 5.74) is 1.50. The molecule has 2 rings (SSSR count). The van der Waals surface area contributed by atoms with E-state index in [4.69, 9.17) is 5.26 Å². The molecular formula is C15H19FN2. The van der Waals surface area contributed by atoms with Gasteiger partial charge in [0.05, 0.1) is 11.6 Å². The predicted molar refractivity (Wildman–Crippen MR) is 70.9 cm³/mol. The first-order valence-electron chi connectivity index (χ1n) is 6.36. The van der Waals surface area contributed by atoms with Crippen molar-refractivity contribution in [2.45, 2.75) is 27.2 Å². The molecule has 0 bridgehead atoms. The highest BCUT2D eigenvalue weighted by atomic mass is 19.1. The fraction of sp³-hybridized carbons (Fsp3) is 0.533. The molecule has 1 saturated heterocycles. The van der Waals surface area contributed by atoms with Crippen LogP contribution in [0.4, 0.5) is 10.1 Å². The number of anilines is 1. The molecule has 1 aliphatic heterocycles. The van der Waals surface area contributed by atoms with Crippen molar-refractivity contribution in [1.82, 2.24) is 0 Å². The molecule has 1 aromatic carbocycles. The summed E-state index contributed by atoms with van der Waals surface area (Å²) in [5, 5.41) is 8.88. The van der Waals surface area contributed by atoms with E-state index >= 15 is 0 Å². The second-order valence-electron chi connectivity index (χ2n) is 6.11. The maximum atomic E-state index is 13.4. The van der Waals surface area contributed by atoms with E-state index in [1.807, 2.05) is 6.07 Å². The van der Waals surface area contributed by atoms with Crippen LogP contribution in [0.15, 0.2) is 18.2 Å². The van der Waals surface area contributed by atoms with Crippen LogP contribution in [-0.2, 0) is 0 Å². The summed E-state index contributed by atoms with van der Waals surface area (Å²) in [6.07, 6.45) is 1.13. The lowest BCUT2D eigenvalue weighted by Crippen LogP contribution is -2.25. The maximum absolute atomic E-state index is 13.4. The minimum atomic E-state index is -0.330. The summed E-state index contributed by atoms with van der Waals surface area (Å²) in [4.78, 5) is 2.18. The number of hydrogen-bond acceptors (Lipinski definition) is 2. The molecule has 1 atom stereocenters. The fourth-order valence-corrected chi connectivity index (χ4v) is 2.52. The van der Waals surface area contributed by atoms with E-state index in [0.717, 1.165) is 25.2 Å². The van der Waals surface area contributed by atoms with Crippen LogP contribution >= 0.6 is 0 Å². The zero-order valence-corrected chi connectivity index (χ0v) is 11.2. The van der Waals surface area contributed by atoms with E-state index in [1.165, 1.54) is 12.1 Å². The van der Waals surface area contributed by atoms with E-state index in [2.05, 4.69) is 25.7 Å². The number of nitriles is 1. The zero-order chi connectivity index (χ0) is 13.3. The van der Waals surface area contributed by atoms with Crippen LogP contribution in [0.5, 0.6) is 0 Å². The molecule has 18 heavy (non-hydrogen) atoms. The molecule has 2 nitrogen and oxygen atoms in total. The second kappa shape index (κ2) is 4.61. The van der Waals surface area contributed by atoms with Crippen molar-refractivity contribution in [3.63, 3.8) is 0 Å². The lowest BCUT2D eigenvalue weighted by Gasteiger charge is -2.27. The van der Waals surface area contributed by atoms with Crippen LogP contribution in [0, 0.1) is 28.5 Å². The van der Waals surface area contributed by atoms with Gasteiger partial charge in [0.2, 0.25) is 0 Å². The molecule has 1 aromatic rings. The van der Waals surface area contributed by atoms with Gasteiger partial charge in [0, 0.05) is 18.8 Å². The SMILES string of the molecule is CC(C)(C)C1CCN(c2cc(F)cc(C#N)c2)C1. The topological polar surface area (TPSA) is 27.0 Å². The summed E-state index contributed by atoms with van der Waals surface area (Å²) < 4.78 is 13.4. The van der Waals surface area contributed by atoms with Gasteiger partial charge in [0.25, 0.3) is 0 Å². The molecule has 0 spiro atoms. The fourth-order valence-electron chi connectivity index (χ4n) is 2.52.